The van der Waals surface area contributed by atoms with Crippen LogP contribution in [0.4, 0.5) is 26.0 Å². The first-order valence-electron chi connectivity index (χ1n) is 9.03. The van der Waals surface area contributed by atoms with E-state index in [1.807, 2.05) is 23.1 Å². The second kappa shape index (κ2) is 6.94. The van der Waals surface area contributed by atoms with Gasteiger partial charge in [0.05, 0.1) is 24.2 Å². The number of rotatable bonds is 3. The van der Waals surface area contributed by atoms with Crippen molar-refractivity contribution in [2.24, 2.45) is 0 Å². The summed E-state index contributed by atoms with van der Waals surface area (Å²) in [5.74, 6) is -0.0594. The molecule has 0 radical (unpaired) electrons. The maximum Gasteiger partial charge on any atom is 0.152 e. The van der Waals surface area contributed by atoms with Gasteiger partial charge in [0.15, 0.2) is 5.82 Å². The zero-order valence-electron chi connectivity index (χ0n) is 15.2. The smallest absolute Gasteiger partial charge is 0.152 e. The Labute approximate surface area is 165 Å². The summed E-state index contributed by atoms with van der Waals surface area (Å²) in [5.41, 5.74) is 4.04. The molecule has 5 rings (SSSR count). The van der Waals surface area contributed by atoms with E-state index < -0.39 is 5.82 Å². The number of nitrogens with zero attached hydrogens (tertiary/aromatic N) is 4. The van der Waals surface area contributed by atoms with Gasteiger partial charge in [-0.2, -0.15) is 0 Å². The Morgan fingerprint density at radius 1 is 0.897 bits per heavy atom. The molecule has 5 nitrogen and oxygen atoms in total. The lowest BCUT2D eigenvalue weighted by molar-refractivity contribution is 0.625. The number of aromatic nitrogens is 3. The second-order valence-corrected chi connectivity index (χ2v) is 6.59. The summed E-state index contributed by atoms with van der Waals surface area (Å²) in [4.78, 5) is 14.8. The van der Waals surface area contributed by atoms with Crippen molar-refractivity contribution in [1.29, 1.82) is 0 Å². The van der Waals surface area contributed by atoms with Gasteiger partial charge >= 0.3 is 0 Å². The Hall–Kier alpha value is -3.87. The SMILES string of the molecule is Fc1ccc(N2CNc3nc(-c4cccnc4)c(-c4ccncc4F)cc32)cc1. The lowest BCUT2D eigenvalue weighted by Gasteiger charge is -2.19. The molecule has 1 aliphatic rings. The lowest BCUT2D eigenvalue weighted by Crippen LogP contribution is -2.16. The zero-order valence-corrected chi connectivity index (χ0v) is 15.2. The first kappa shape index (κ1) is 17.2. The van der Waals surface area contributed by atoms with Crippen molar-refractivity contribution in [3.05, 3.63) is 85.0 Å². The van der Waals surface area contributed by atoms with Crippen LogP contribution in [0.15, 0.2) is 73.3 Å². The van der Waals surface area contributed by atoms with Crippen LogP contribution < -0.4 is 10.2 Å². The molecule has 142 valence electrons. The standard InChI is InChI=1S/C22H15F2N5/c23-15-3-5-16(6-4-15)29-13-27-22-20(29)10-18(17-7-9-26-12-19(17)24)21(28-22)14-2-1-8-25-11-14/h1-12H,13H2,(H,27,28). The molecule has 0 spiro atoms. The molecule has 0 fully saturated rings. The van der Waals surface area contributed by atoms with Crippen LogP contribution in [0, 0.1) is 11.6 Å². The Morgan fingerprint density at radius 2 is 1.72 bits per heavy atom. The summed E-state index contributed by atoms with van der Waals surface area (Å²) < 4.78 is 28.0. The average Bonchev–Trinajstić information content (AvgIpc) is 3.17. The van der Waals surface area contributed by atoms with Crippen molar-refractivity contribution in [3.8, 4) is 22.4 Å². The minimum Gasteiger partial charge on any atom is -0.351 e. The van der Waals surface area contributed by atoms with Gasteiger partial charge in [-0.25, -0.2) is 13.8 Å². The number of hydrogen-bond donors (Lipinski definition) is 1. The van der Waals surface area contributed by atoms with Gasteiger partial charge in [0, 0.05) is 41.0 Å². The fourth-order valence-corrected chi connectivity index (χ4v) is 3.45. The molecule has 1 aromatic carbocycles. The third-order valence-corrected chi connectivity index (χ3v) is 4.83. The van der Waals surface area contributed by atoms with E-state index in [4.69, 9.17) is 4.98 Å². The van der Waals surface area contributed by atoms with Crippen molar-refractivity contribution < 1.29 is 8.78 Å². The predicted molar refractivity (Wildman–Crippen MR) is 108 cm³/mol. The van der Waals surface area contributed by atoms with Crippen LogP contribution >= 0.6 is 0 Å². The maximum atomic E-state index is 14.6. The molecule has 0 unspecified atom stereocenters. The van der Waals surface area contributed by atoms with Gasteiger partial charge in [0.1, 0.15) is 11.6 Å². The van der Waals surface area contributed by atoms with Gasteiger partial charge in [0.2, 0.25) is 0 Å². The van der Waals surface area contributed by atoms with Gasteiger partial charge in [-0.05, 0) is 48.5 Å². The van der Waals surface area contributed by atoms with Crippen molar-refractivity contribution in [2.45, 2.75) is 0 Å². The quantitative estimate of drug-likeness (QED) is 0.536. The molecule has 0 saturated carbocycles. The molecular weight excluding hydrogens is 372 g/mol. The molecule has 4 heterocycles. The summed E-state index contributed by atoms with van der Waals surface area (Å²) in [6.45, 7) is 0.475. The van der Waals surface area contributed by atoms with E-state index in [2.05, 4.69) is 15.3 Å². The highest BCUT2D eigenvalue weighted by Crippen LogP contribution is 2.42. The number of nitrogens with one attached hydrogen (secondary N) is 1. The first-order valence-corrected chi connectivity index (χ1v) is 9.03. The summed E-state index contributed by atoms with van der Waals surface area (Å²) in [6, 6.07) is 13.5. The van der Waals surface area contributed by atoms with Crippen LogP contribution in [-0.2, 0) is 0 Å². The monoisotopic (exact) mass is 387 g/mol. The number of benzene rings is 1. The van der Waals surface area contributed by atoms with Gasteiger partial charge in [-0.15, -0.1) is 0 Å². The minimum absolute atomic E-state index is 0.300. The van der Waals surface area contributed by atoms with Gasteiger partial charge in [-0.3, -0.25) is 9.97 Å². The summed E-state index contributed by atoms with van der Waals surface area (Å²) in [5, 5.41) is 3.26. The zero-order chi connectivity index (χ0) is 19.8. The Balaban J connectivity index is 1.71. The molecular formula is C22H15F2N5. The summed E-state index contributed by atoms with van der Waals surface area (Å²) >= 11 is 0. The molecule has 0 amide bonds. The number of fused-ring (bicyclic) bond motifs is 1. The van der Waals surface area contributed by atoms with E-state index in [0.29, 0.717) is 29.3 Å². The minimum atomic E-state index is -0.432. The van der Waals surface area contributed by atoms with Crippen LogP contribution in [0.25, 0.3) is 22.4 Å². The topological polar surface area (TPSA) is 53.9 Å². The molecule has 0 saturated heterocycles. The average molecular weight is 387 g/mol. The lowest BCUT2D eigenvalue weighted by atomic mass is 10.00. The Morgan fingerprint density at radius 3 is 2.48 bits per heavy atom. The van der Waals surface area contributed by atoms with Crippen LogP contribution in [0.5, 0.6) is 0 Å². The molecule has 1 N–H and O–H groups in total. The fourth-order valence-electron chi connectivity index (χ4n) is 3.45. The molecule has 0 atom stereocenters. The largest absolute Gasteiger partial charge is 0.351 e. The molecule has 4 aromatic rings. The van der Waals surface area contributed by atoms with Gasteiger partial charge < -0.3 is 10.2 Å². The number of halogens is 2. The van der Waals surface area contributed by atoms with Crippen molar-refractivity contribution in [2.75, 3.05) is 16.9 Å². The third-order valence-electron chi connectivity index (χ3n) is 4.83. The van der Waals surface area contributed by atoms with Crippen LogP contribution in [-0.4, -0.2) is 21.6 Å². The van der Waals surface area contributed by atoms with Gasteiger partial charge in [0.25, 0.3) is 0 Å². The molecule has 1 aliphatic heterocycles. The highest BCUT2D eigenvalue weighted by Gasteiger charge is 2.25. The second-order valence-electron chi connectivity index (χ2n) is 6.59. The van der Waals surface area contributed by atoms with E-state index in [1.165, 1.54) is 18.3 Å². The maximum absolute atomic E-state index is 14.6. The molecule has 29 heavy (non-hydrogen) atoms. The predicted octanol–water partition coefficient (Wildman–Crippen LogP) is 5.00. The third kappa shape index (κ3) is 3.06. The summed E-state index contributed by atoms with van der Waals surface area (Å²) in [7, 11) is 0. The molecule has 0 aliphatic carbocycles. The van der Waals surface area contributed by atoms with Gasteiger partial charge in [-0.1, -0.05) is 0 Å². The number of hydrogen-bond acceptors (Lipinski definition) is 5. The molecule has 0 bridgehead atoms. The fraction of sp³-hybridized carbons (Fsp3) is 0.0455. The Bertz CT molecular complexity index is 1180. The highest BCUT2D eigenvalue weighted by molar-refractivity contribution is 5.90. The van der Waals surface area contributed by atoms with Crippen LogP contribution in [0.2, 0.25) is 0 Å². The van der Waals surface area contributed by atoms with Crippen molar-refractivity contribution in [1.82, 2.24) is 15.0 Å². The highest BCUT2D eigenvalue weighted by atomic mass is 19.1. The number of anilines is 3. The normalized spacial score (nSPS) is 12.6. The Kier molecular flexibility index (Phi) is 4.13. The van der Waals surface area contributed by atoms with Crippen molar-refractivity contribution in [3.63, 3.8) is 0 Å². The van der Waals surface area contributed by atoms with Crippen molar-refractivity contribution >= 4 is 17.2 Å². The van der Waals surface area contributed by atoms with E-state index in [-0.39, 0.29) is 5.82 Å². The first-order chi connectivity index (χ1) is 14.2. The van der Waals surface area contributed by atoms with E-state index >= 15 is 0 Å². The van der Waals surface area contributed by atoms with Crippen LogP contribution in [0.1, 0.15) is 0 Å². The summed E-state index contributed by atoms with van der Waals surface area (Å²) in [6.07, 6.45) is 6.11. The van der Waals surface area contributed by atoms with E-state index in [1.54, 1.807) is 36.8 Å². The molecule has 3 aromatic heterocycles. The number of pyridine rings is 3. The molecule has 7 heteroatoms. The van der Waals surface area contributed by atoms with E-state index in [0.717, 1.165) is 16.9 Å². The van der Waals surface area contributed by atoms with E-state index in [9.17, 15) is 8.78 Å². The van der Waals surface area contributed by atoms with Crippen LogP contribution in [0.3, 0.4) is 0 Å².